The Morgan fingerprint density at radius 1 is 0.963 bits per heavy atom. The van der Waals surface area contributed by atoms with Crippen molar-refractivity contribution in [1.29, 1.82) is 0 Å². The summed E-state index contributed by atoms with van der Waals surface area (Å²) in [6.07, 6.45) is 6.49. The summed E-state index contributed by atoms with van der Waals surface area (Å²) in [5.41, 5.74) is 3.22. The Morgan fingerprint density at radius 3 is 2.56 bits per heavy atom. The molecule has 0 atom stereocenters. The van der Waals surface area contributed by atoms with Crippen molar-refractivity contribution in [2.24, 2.45) is 0 Å². The van der Waals surface area contributed by atoms with E-state index in [2.05, 4.69) is 17.0 Å². The first-order chi connectivity index (χ1) is 13.2. The fourth-order valence-electron chi connectivity index (χ4n) is 4.56. The number of carbonyl (C=O) groups is 2. The van der Waals surface area contributed by atoms with Crippen LogP contribution in [0, 0.1) is 0 Å². The maximum absolute atomic E-state index is 13.1. The number of carbonyl (C=O) groups excluding carboxylic acids is 2. The molecule has 1 aromatic carbocycles. The highest BCUT2D eigenvalue weighted by molar-refractivity contribution is 5.94. The average molecular weight is 370 g/mol. The molecule has 146 valence electrons. The van der Waals surface area contributed by atoms with Crippen LogP contribution in [0.1, 0.15) is 60.5 Å². The Kier molecular flexibility index (Phi) is 5.48. The number of nitrogens with zero attached hydrogens (tertiary/aromatic N) is 3. The van der Waals surface area contributed by atoms with Crippen LogP contribution in [-0.4, -0.2) is 65.3 Å². The summed E-state index contributed by atoms with van der Waals surface area (Å²) >= 11 is 0. The van der Waals surface area contributed by atoms with E-state index in [1.807, 2.05) is 22.8 Å². The Balaban J connectivity index is 1.41. The molecule has 1 saturated carbocycles. The predicted molar refractivity (Wildman–Crippen MR) is 106 cm³/mol. The number of benzene rings is 1. The van der Waals surface area contributed by atoms with Gasteiger partial charge in [0.15, 0.2) is 0 Å². The van der Waals surface area contributed by atoms with E-state index >= 15 is 0 Å². The van der Waals surface area contributed by atoms with Crippen molar-refractivity contribution in [2.45, 2.75) is 58.0 Å². The third-order valence-electron chi connectivity index (χ3n) is 6.53. The van der Waals surface area contributed by atoms with E-state index in [0.29, 0.717) is 13.0 Å². The number of amides is 2. The minimum Gasteiger partial charge on any atom is -0.338 e. The maximum atomic E-state index is 13.1. The number of fused-ring (bicyclic) bond motifs is 1. The highest BCUT2D eigenvalue weighted by Gasteiger charge is 2.28. The summed E-state index contributed by atoms with van der Waals surface area (Å²) in [5.74, 6) is 0.377. The molecule has 2 heterocycles. The molecule has 3 aliphatic rings. The third kappa shape index (κ3) is 3.88. The molecule has 0 spiro atoms. The Labute approximate surface area is 162 Å². The van der Waals surface area contributed by atoms with Crippen LogP contribution in [0.4, 0.5) is 0 Å². The second kappa shape index (κ2) is 8.01. The van der Waals surface area contributed by atoms with E-state index in [1.54, 1.807) is 0 Å². The molecule has 2 amide bonds. The Morgan fingerprint density at radius 2 is 1.81 bits per heavy atom. The summed E-state index contributed by atoms with van der Waals surface area (Å²) < 4.78 is 0. The zero-order valence-corrected chi connectivity index (χ0v) is 16.5. The van der Waals surface area contributed by atoms with Crippen LogP contribution in [0.15, 0.2) is 18.2 Å². The standard InChI is InChI=1S/C22H31N3O2/c1-2-21(26)25-12-9-17-15-18(7-8-19(17)16-25)22(27)24-11-4-10-23(13-14-24)20-5-3-6-20/h7-8,15,20H,2-6,9-14,16H2,1H3. The van der Waals surface area contributed by atoms with Gasteiger partial charge in [0, 0.05) is 57.3 Å². The molecule has 0 radical (unpaired) electrons. The lowest BCUT2D eigenvalue weighted by atomic mass is 9.91. The molecule has 0 unspecified atom stereocenters. The molecule has 4 rings (SSSR count). The molecule has 2 aliphatic heterocycles. The summed E-state index contributed by atoms with van der Waals surface area (Å²) in [6, 6.07) is 6.84. The largest absolute Gasteiger partial charge is 0.338 e. The van der Waals surface area contributed by atoms with Gasteiger partial charge in [-0.2, -0.15) is 0 Å². The fourth-order valence-corrected chi connectivity index (χ4v) is 4.56. The van der Waals surface area contributed by atoms with E-state index < -0.39 is 0 Å². The monoisotopic (exact) mass is 369 g/mol. The molecule has 1 aromatic rings. The normalized spacial score (nSPS) is 21.4. The lowest BCUT2D eigenvalue weighted by Crippen LogP contribution is -2.42. The first-order valence-electron chi connectivity index (χ1n) is 10.6. The predicted octanol–water partition coefficient (Wildman–Crippen LogP) is 2.68. The van der Waals surface area contributed by atoms with Gasteiger partial charge in [0.05, 0.1) is 0 Å². The second-order valence-electron chi connectivity index (χ2n) is 8.17. The number of hydrogen-bond donors (Lipinski definition) is 0. The van der Waals surface area contributed by atoms with Gasteiger partial charge < -0.3 is 9.80 Å². The van der Waals surface area contributed by atoms with Crippen molar-refractivity contribution in [1.82, 2.24) is 14.7 Å². The fraction of sp³-hybridized carbons (Fsp3) is 0.636. The van der Waals surface area contributed by atoms with Crippen LogP contribution in [0.25, 0.3) is 0 Å². The SMILES string of the molecule is CCC(=O)N1CCc2cc(C(=O)N3CCCN(C4CCC4)CC3)ccc2C1. The van der Waals surface area contributed by atoms with Crippen molar-refractivity contribution in [3.8, 4) is 0 Å². The highest BCUT2D eigenvalue weighted by Crippen LogP contribution is 2.26. The summed E-state index contributed by atoms with van der Waals surface area (Å²) in [7, 11) is 0. The van der Waals surface area contributed by atoms with Gasteiger partial charge >= 0.3 is 0 Å². The smallest absolute Gasteiger partial charge is 0.253 e. The van der Waals surface area contributed by atoms with Crippen molar-refractivity contribution in [3.63, 3.8) is 0 Å². The minimum absolute atomic E-state index is 0.167. The van der Waals surface area contributed by atoms with Crippen LogP contribution in [-0.2, 0) is 17.8 Å². The van der Waals surface area contributed by atoms with Crippen LogP contribution in [0.2, 0.25) is 0 Å². The van der Waals surface area contributed by atoms with Gasteiger partial charge in [-0.1, -0.05) is 19.4 Å². The van der Waals surface area contributed by atoms with E-state index in [9.17, 15) is 9.59 Å². The zero-order valence-electron chi connectivity index (χ0n) is 16.5. The van der Waals surface area contributed by atoms with Gasteiger partial charge in [-0.25, -0.2) is 0 Å². The van der Waals surface area contributed by atoms with Gasteiger partial charge in [-0.15, -0.1) is 0 Å². The molecule has 0 N–H and O–H groups in total. The van der Waals surface area contributed by atoms with E-state index in [1.165, 1.54) is 30.4 Å². The van der Waals surface area contributed by atoms with Crippen molar-refractivity contribution in [3.05, 3.63) is 34.9 Å². The number of rotatable bonds is 3. The average Bonchev–Trinajstić information content (AvgIpc) is 2.90. The second-order valence-corrected chi connectivity index (χ2v) is 8.17. The molecule has 5 nitrogen and oxygen atoms in total. The van der Waals surface area contributed by atoms with Crippen LogP contribution in [0.3, 0.4) is 0 Å². The Hall–Kier alpha value is -1.88. The van der Waals surface area contributed by atoms with Crippen molar-refractivity contribution < 1.29 is 9.59 Å². The van der Waals surface area contributed by atoms with Crippen LogP contribution < -0.4 is 0 Å². The Bertz CT molecular complexity index is 714. The minimum atomic E-state index is 0.167. The van der Waals surface area contributed by atoms with E-state index in [0.717, 1.165) is 57.2 Å². The van der Waals surface area contributed by atoms with Crippen LogP contribution in [0.5, 0.6) is 0 Å². The molecule has 1 saturated heterocycles. The summed E-state index contributed by atoms with van der Waals surface area (Å²) in [4.78, 5) is 31.6. The molecular formula is C22H31N3O2. The van der Waals surface area contributed by atoms with Gasteiger partial charge in [0.2, 0.25) is 5.91 Å². The van der Waals surface area contributed by atoms with Crippen molar-refractivity contribution >= 4 is 11.8 Å². The maximum Gasteiger partial charge on any atom is 0.253 e. The summed E-state index contributed by atoms with van der Waals surface area (Å²) in [5, 5.41) is 0. The third-order valence-corrected chi connectivity index (χ3v) is 6.53. The highest BCUT2D eigenvalue weighted by atomic mass is 16.2. The molecule has 27 heavy (non-hydrogen) atoms. The van der Waals surface area contributed by atoms with E-state index in [4.69, 9.17) is 0 Å². The quantitative estimate of drug-likeness (QED) is 0.823. The van der Waals surface area contributed by atoms with Crippen molar-refractivity contribution in [2.75, 3.05) is 32.7 Å². The number of hydrogen-bond acceptors (Lipinski definition) is 3. The summed E-state index contributed by atoms with van der Waals surface area (Å²) in [6.45, 7) is 7.18. The lowest BCUT2D eigenvalue weighted by Gasteiger charge is -2.36. The molecule has 0 bridgehead atoms. The molecule has 5 heteroatoms. The van der Waals surface area contributed by atoms with E-state index in [-0.39, 0.29) is 11.8 Å². The van der Waals surface area contributed by atoms with Gasteiger partial charge in [-0.05, 0) is 48.9 Å². The first kappa shape index (κ1) is 18.5. The topological polar surface area (TPSA) is 43.9 Å². The van der Waals surface area contributed by atoms with Gasteiger partial charge in [0.25, 0.3) is 5.91 Å². The molecular weight excluding hydrogens is 338 g/mol. The van der Waals surface area contributed by atoms with Crippen LogP contribution >= 0.6 is 0 Å². The first-order valence-corrected chi connectivity index (χ1v) is 10.6. The molecule has 0 aromatic heterocycles. The zero-order chi connectivity index (χ0) is 18.8. The van der Waals surface area contributed by atoms with Gasteiger partial charge in [0.1, 0.15) is 0 Å². The molecule has 1 aliphatic carbocycles. The lowest BCUT2D eigenvalue weighted by molar-refractivity contribution is -0.131. The van der Waals surface area contributed by atoms with Gasteiger partial charge in [-0.3, -0.25) is 14.5 Å². The molecule has 2 fully saturated rings.